The normalized spacial score (nSPS) is 15.0. The van der Waals surface area contributed by atoms with Gasteiger partial charge in [0.25, 0.3) is 0 Å². The summed E-state index contributed by atoms with van der Waals surface area (Å²) < 4.78 is 4.94. The second kappa shape index (κ2) is 8.06. The average Bonchev–Trinajstić information content (AvgIpc) is 2.61. The molecule has 0 spiro atoms. The monoisotopic (exact) mass is 340 g/mol. The first-order valence-electron chi connectivity index (χ1n) is 8.55. The molecule has 0 N–H and O–H groups in total. The summed E-state index contributed by atoms with van der Waals surface area (Å²) in [5, 5.41) is 0. The number of Topliss-reactive ketones (excluding diaryl/α,β-unsaturated/α-hetero) is 2. The van der Waals surface area contributed by atoms with Crippen molar-refractivity contribution in [1.82, 2.24) is 0 Å². The fourth-order valence-electron chi connectivity index (χ4n) is 2.95. The van der Waals surface area contributed by atoms with Gasteiger partial charge in [-0.2, -0.15) is 0 Å². The molecule has 0 unspecified atom stereocenters. The molecule has 0 radical (unpaired) electrons. The maximum absolute atomic E-state index is 12.5. The van der Waals surface area contributed by atoms with Crippen molar-refractivity contribution in [1.29, 1.82) is 0 Å². The maximum atomic E-state index is 12.5. The van der Waals surface area contributed by atoms with Crippen molar-refractivity contribution in [2.24, 2.45) is 0 Å². The number of carbonyl (C=O) groups is 3. The summed E-state index contributed by atoms with van der Waals surface area (Å²) >= 11 is 0. The Morgan fingerprint density at radius 2 is 1.60 bits per heavy atom. The summed E-state index contributed by atoms with van der Waals surface area (Å²) in [6.07, 6.45) is 1.35. The van der Waals surface area contributed by atoms with E-state index in [1.54, 1.807) is 27.7 Å². The smallest absolute Gasteiger partial charge is 0.306 e. The highest BCUT2D eigenvalue weighted by Crippen LogP contribution is 2.26. The van der Waals surface area contributed by atoms with E-state index in [1.165, 1.54) is 0 Å². The molecule has 0 amide bonds. The topological polar surface area (TPSA) is 60.4 Å². The van der Waals surface area contributed by atoms with Crippen molar-refractivity contribution in [2.75, 3.05) is 6.61 Å². The lowest BCUT2D eigenvalue weighted by atomic mass is 9.83. The molecule has 4 nitrogen and oxygen atoms in total. The molecule has 132 valence electrons. The van der Waals surface area contributed by atoms with E-state index in [0.717, 1.165) is 11.1 Å². The lowest BCUT2D eigenvalue weighted by Gasteiger charge is -2.18. The Morgan fingerprint density at radius 3 is 2.28 bits per heavy atom. The molecule has 0 saturated carbocycles. The zero-order valence-corrected chi connectivity index (χ0v) is 15.3. The van der Waals surface area contributed by atoms with Gasteiger partial charge in [-0.15, -0.1) is 0 Å². The van der Waals surface area contributed by atoms with Gasteiger partial charge < -0.3 is 4.74 Å². The average molecular weight is 340 g/mol. The summed E-state index contributed by atoms with van der Waals surface area (Å²) in [7, 11) is 0. The van der Waals surface area contributed by atoms with E-state index in [2.05, 4.69) is 0 Å². The van der Waals surface area contributed by atoms with Crippen molar-refractivity contribution in [3.8, 4) is 0 Å². The highest BCUT2D eigenvalue weighted by atomic mass is 16.5. The van der Waals surface area contributed by atoms with Crippen LogP contribution in [0.25, 0.3) is 0 Å². The van der Waals surface area contributed by atoms with Crippen molar-refractivity contribution >= 4 is 17.5 Å². The van der Waals surface area contributed by atoms with Crippen LogP contribution in [-0.4, -0.2) is 24.1 Å². The first kappa shape index (κ1) is 18.8. The quantitative estimate of drug-likeness (QED) is 0.587. The molecule has 0 aromatic heterocycles. The van der Waals surface area contributed by atoms with Gasteiger partial charge in [-0.25, -0.2) is 0 Å². The van der Waals surface area contributed by atoms with Crippen LogP contribution in [0.15, 0.2) is 46.6 Å². The molecule has 0 heterocycles. The Morgan fingerprint density at radius 1 is 0.960 bits per heavy atom. The van der Waals surface area contributed by atoms with Crippen molar-refractivity contribution in [3.63, 3.8) is 0 Å². The zero-order chi connectivity index (χ0) is 18.6. The number of allylic oxidation sites excluding steroid dienone is 4. The van der Waals surface area contributed by atoms with Gasteiger partial charge in [0, 0.05) is 35.1 Å². The molecular formula is C21H24O4. The van der Waals surface area contributed by atoms with E-state index in [4.69, 9.17) is 4.74 Å². The maximum Gasteiger partial charge on any atom is 0.306 e. The Bertz CT molecular complexity index is 781. The standard InChI is InChI=1S/C21H24O4/c1-5-25-19(22)10-9-16-7-6-8-17(11-16)12-18-15(4)20(23)13(2)14(3)21(18)24/h6-8,11H,5,9-10,12H2,1-4H3. The van der Waals surface area contributed by atoms with E-state index < -0.39 is 0 Å². The van der Waals surface area contributed by atoms with Crippen molar-refractivity contribution in [3.05, 3.63) is 57.7 Å². The number of hydrogen-bond donors (Lipinski definition) is 0. The van der Waals surface area contributed by atoms with E-state index in [9.17, 15) is 14.4 Å². The molecule has 4 heteroatoms. The Labute approximate surface area is 148 Å². The van der Waals surface area contributed by atoms with Gasteiger partial charge in [-0.3, -0.25) is 14.4 Å². The number of hydrogen-bond acceptors (Lipinski definition) is 4. The number of carbonyl (C=O) groups excluding carboxylic acids is 3. The fourth-order valence-corrected chi connectivity index (χ4v) is 2.95. The van der Waals surface area contributed by atoms with Crippen LogP contribution < -0.4 is 0 Å². The number of rotatable bonds is 6. The highest BCUT2D eigenvalue weighted by molar-refractivity contribution is 6.24. The Hall–Kier alpha value is -2.49. The number of esters is 1. The fraction of sp³-hybridized carbons (Fsp3) is 0.381. The molecule has 25 heavy (non-hydrogen) atoms. The van der Waals surface area contributed by atoms with Gasteiger partial charge in [0.15, 0.2) is 11.6 Å². The SMILES string of the molecule is CCOC(=O)CCc1cccc(CC2=C(C)C(=O)C(C)=C(C)C2=O)c1. The van der Waals surface area contributed by atoms with Gasteiger partial charge in [0.2, 0.25) is 0 Å². The van der Waals surface area contributed by atoms with E-state index in [-0.39, 0.29) is 17.5 Å². The van der Waals surface area contributed by atoms with Crippen LogP contribution in [0.1, 0.15) is 45.2 Å². The van der Waals surface area contributed by atoms with Crippen molar-refractivity contribution in [2.45, 2.75) is 47.0 Å². The summed E-state index contributed by atoms with van der Waals surface area (Å²) in [5.74, 6) is -0.312. The second-order valence-electron chi connectivity index (χ2n) is 6.31. The van der Waals surface area contributed by atoms with Gasteiger partial charge in [-0.05, 0) is 45.2 Å². The molecule has 1 aromatic carbocycles. The summed E-state index contributed by atoms with van der Waals surface area (Å²) in [6, 6.07) is 7.78. The minimum absolute atomic E-state index is 0.0495. The molecule has 1 aliphatic carbocycles. The third kappa shape index (κ3) is 4.32. The Balaban J connectivity index is 2.16. The number of ether oxygens (including phenoxy) is 1. The minimum atomic E-state index is -0.212. The lowest BCUT2D eigenvalue weighted by molar-refractivity contribution is -0.143. The zero-order valence-electron chi connectivity index (χ0n) is 15.3. The largest absolute Gasteiger partial charge is 0.466 e. The van der Waals surface area contributed by atoms with E-state index in [1.807, 2.05) is 24.3 Å². The number of benzene rings is 1. The molecule has 1 aliphatic rings. The third-order valence-electron chi connectivity index (χ3n) is 4.61. The van der Waals surface area contributed by atoms with Gasteiger partial charge in [0.05, 0.1) is 6.61 Å². The molecule has 0 atom stereocenters. The van der Waals surface area contributed by atoms with Crippen LogP contribution in [-0.2, 0) is 32.0 Å². The molecular weight excluding hydrogens is 316 g/mol. The molecule has 2 rings (SSSR count). The van der Waals surface area contributed by atoms with Crippen LogP contribution in [0.4, 0.5) is 0 Å². The van der Waals surface area contributed by atoms with Gasteiger partial charge in [-0.1, -0.05) is 24.3 Å². The molecule has 0 bridgehead atoms. The lowest BCUT2D eigenvalue weighted by Crippen LogP contribution is -2.21. The van der Waals surface area contributed by atoms with Crippen LogP contribution in [0.5, 0.6) is 0 Å². The molecule has 0 aliphatic heterocycles. The Kier molecular flexibility index (Phi) is 6.07. The van der Waals surface area contributed by atoms with Crippen LogP contribution in [0.3, 0.4) is 0 Å². The van der Waals surface area contributed by atoms with Gasteiger partial charge >= 0.3 is 5.97 Å². The van der Waals surface area contributed by atoms with E-state index >= 15 is 0 Å². The first-order chi connectivity index (χ1) is 11.8. The third-order valence-corrected chi connectivity index (χ3v) is 4.61. The predicted octanol–water partition coefficient (Wildman–Crippen LogP) is 3.53. The van der Waals surface area contributed by atoms with Gasteiger partial charge in [0.1, 0.15) is 0 Å². The summed E-state index contributed by atoms with van der Waals surface area (Å²) in [4.78, 5) is 36.3. The second-order valence-corrected chi connectivity index (χ2v) is 6.31. The minimum Gasteiger partial charge on any atom is -0.466 e. The number of aryl methyl sites for hydroxylation is 1. The summed E-state index contributed by atoms with van der Waals surface area (Å²) in [6.45, 7) is 7.30. The first-order valence-corrected chi connectivity index (χ1v) is 8.55. The van der Waals surface area contributed by atoms with Crippen molar-refractivity contribution < 1.29 is 19.1 Å². The van der Waals surface area contributed by atoms with Crippen LogP contribution >= 0.6 is 0 Å². The molecule has 0 saturated heterocycles. The highest BCUT2D eigenvalue weighted by Gasteiger charge is 2.27. The van der Waals surface area contributed by atoms with Crippen LogP contribution in [0, 0.1) is 0 Å². The molecule has 0 fully saturated rings. The molecule has 1 aromatic rings. The summed E-state index contributed by atoms with van der Waals surface area (Å²) in [5.41, 5.74) is 4.14. The number of ketones is 2. The van der Waals surface area contributed by atoms with E-state index in [0.29, 0.717) is 48.2 Å². The predicted molar refractivity (Wildman–Crippen MR) is 96.2 cm³/mol. The van der Waals surface area contributed by atoms with Crippen LogP contribution in [0.2, 0.25) is 0 Å².